The van der Waals surface area contributed by atoms with Crippen molar-refractivity contribution in [3.8, 4) is 5.69 Å². The van der Waals surface area contributed by atoms with Gasteiger partial charge in [-0.25, -0.2) is 13.5 Å². The van der Waals surface area contributed by atoms with Crippen LogP contribution in [0.1, 0.15) is 40.6 Å². The van der Waals surface area contributed by atoms with Crippen molar-refractivity contribution in [1.82, 2.24) is 25.2 Å². The summed E-state index contributed by atoms with van der Waals surface area (Å²) in [4.78, 5) is 14.7. The number of hydrogen-bond acceptors (Lipinski definition) is 4. The fraction of sp³-hybridized carbons (Fsp3) is 0.318. The Morgan fingerprint density at radius 1 is 1.09 bits per heavy atom. The molecule has 6 nitrogen and oxygen atoms in total. The number of amides is 1. The Morgan fingerprint density at radius 3 is 2.38 bits per heavy atom. The van der Waals surface area contributed by atoms with Crippen molar-refractivity contribution in [1.29, 1.82) is 0 Å². The standard InChI is InChI=1S/C22H19ClF5N5O/c23-15-4-3-5-16(25)18(15)17(32-10-1-2-11-32)12-29-21(34)19-20(22(26,27)28)33(31-30-19)14-8-6-13(24)7-9-14/h3-9,17H,1-2,10-12H2,(H,29,34). The number of likely N-dealkylation sites (tertiary alicyclic amines) is 1. The van der Waals surface area contributed by atoms with Crippen molar-refractivity contribution in [2.75, 3.05) is 19.6 Å². The molecule has 34 heavy (non-hydrogen) atoms. The SMILES string of the molecule is O=C(NCC(c1c(F)cccc1Cl)N1CCCC1)c1nnn(-c2ccc(F)cc2)c1C(F)(F)F. The lowest BCUT2D eigenvalue weighted by Crippen LogP contribution is -2.38. The summed E-state index contributed by atoms with van der Waals surface area (Å²) < 4.78 is 69.8. The number of nitrogens with zero attached hydrogens (tertiary/aromatic N) is 4. The maximum absolute atomic E-state index is 14.6. The van der Waals surface area contributed by atoms with Gasteiger partial charge >= 0.3 is 6.18 Å². The summed E-state index contributed by atoms with van der Waals surface area (Å²) in [6, 6.07) is 7.63. The first-order valence-electron chi connectivity index (χ1n) is 10.4. The highest BCUT2D eigenvalue weighted by atomic mass is 35.5. The Morgan fingerprint density at radius 2 is 1.76 bits per heavy atom. The summed E-state index contributed by atoms with van der Waals surface area (Å²) in [6.45, 7) is 1.06. The van der Waals surface area contributed by atoms with Gasteiger partial charge in [-0.05, 0) is 62.3 Å². The van der Waals surface area contributed by atoms with E-state index in [-0.39, 0.29) is 22.8 Å². The number of rotatable bonds is 6. The van der Waals surface area contributed by atoms with Crippen LogP contribution < -0.4 is 5.32 Å². The van der Waals surface area contributed by atoms with Gasteiger partial charge in [0.05, 0.1) is 11.7 Å². The molecule has 1 aliphatic rings. The van der Waals surface area contributed by atoms with Gasteiger partial charge in [-0.3, -0.25) is 9.69 Å². The van der Waals surface area contributed by atoms with E-state index < -0.39 is 41.1 Å². The van der Waals surface area contributed by atoms with E-state index in [1.807, 2.05) is 4.90 Å². The van der Waals surface area contributed by atoms with Gasteiger partial charge in [0, 0.05) is 17.1 Å². The molecule has 2 heterocycles. The van der Waals surface area contributed by atoms with Gasteiger partial charge in [0.1, 0.15) is 11.6 Å². The molecule has 0 spiro atoms. The largest absolute Gasteiger partial charge is 0.435 e. The second kappa shape index (κ2) is 9.67. The summed E-state index contributed by atoms with van der Waals surface area (Å²) in [7, 11) is 0. The average molecular weight is 500 g/mol. The van der Waals surface area contributed by atoms with Crippen molar-refractivity contribution in [2.45, 2.75) is 25.1 Å². The molecule has 0 bridgehead atoms. The Balaban J connectivity index is 1.63. The van der Waals surface area contributed by atoms with Crippen LogP contribution in [0.4, 0.5) is 22.0 Å². The molecule has 1 saturated heterocycles. The lowest BCUT2D eigenvalue weighted by Gasteiger charge is -2.29. The Kier molecular flexibility index (Phi) is 6.85. The van der Waals surface area contributed by atoms with Crippen LogP contribution >= 0.6 is 11.6 Å². The second-order valence-electron chi connectivity index (χ2n) is 7.78. The Hall–Kier alpha value is -3.05. The topological polar surface area (TPSA) is 63.1 Å². The van der Waals surface area contributed by atoms with Gasteiger partial charge in [0.2, 0.25) is 0 Å². The van der Waals surface area contributed by atoms with E-state index in [1.54, 1.807) is 0 Å². The highest BCUT2D eigenvalue weighted by Crippen LogP contribution is 2.34. The van der Waals surface area contributed by atoms with Crippen molar-refractivity contribution in [3.05, 3.63) is 76.1 Å². The zero-order valence-corrected chi connectivity index (χ0v) is 18.4. The number of halogens is 6. The molecule has 1 aliphatic heterocycles. The van der Waals surface area contributed by atoms with Crippen molar-refractivity contribution >= 4 is 17.5 Å². The van der Waals surface area contributed by atoms with E-state index in [0.717, 1.165) is 37.1 Å². The summed E-state index contributed by atoms with van der Waals surface area (Å²) in [5.74, 6) is -2.34. The normalized spacial score (nSPS) is 15.5. The van der Waals surface area contributed by atoms with Crippen molar-refractivity contribution < 1.29 is 26.7 Å². The summed E-state index contributed by atoms with van der Waals surface area (Å²) in [5.41, 5.74) is -2.30. The van der Waals surface area contributed by atoms with Gasteiger partial charge in [-0.1, -0.05) is 22.9 Å². The van der Waals surface area contributed by atoms with Gasteiger partial charge in [0.15, 0.2) is 11.4 Å². The molecule has 4 rings (SSSR count). The lowest BCUT2D eigenvalue weighted by atomic mass is 10.0. The molecule has 1 unspecified atom stereocenters. The molecule has 180 valence electrons. The summed E-state index contributed by atoms with van der Waals surface area (Å²) in [5, 5.41) is 9.49. The van der Waals surface area contributed by atoms with E-state index in [2.05, 4.69) is 15.6 Å². The minimum absolute atomic E-state index is 0.117. The third-order valence-corrected chi connectivity index (χ3v) is 5.92. The first kappa shape index (κ1) is 24.1. The van der Waals surface area contributed by atoms with E-state index >= 15 is 0 Å². The van der Waals surface area contributed by atoms with Crippen LogP contribution in [0.5, 0.6) is 0 Å². The Bertz CT molecular complexity index is 1160. The van der Waals surface area contributed by atoms with E-state index in [9.17, 15) is 26.7 Å². The fourth-order valence-corrected chi connectivity index (χ4v) is 4.31. The quantitative estimate of drug-likeness (QED) is 0.496. The molecule has 3 aromatic rings. The number of aromatic nitrogens is 3. The molecule has 1 fully saturated rings. The smallest absolute Gasteiger partial charge is 0.349 e. The highest BCUT2D eigenvalue weighted by Gasteiger charge is 2.42. The van der Waals surface area contributed by atoms with E-state index in [1.165, 1.54) is 18.2 Å². The molecule has 1 aromatic heterocycles. The van der Waals surface area contributed by atoms with E-state index in [4.69, 9.17) is 11.6 Å². The van der Waals surface area contributed by atoms with Crippen LogP contribution in [0, 0.1) is 11.6 Å². The molecular formula is C22H19ClF5N5O. The fourth-order valence-electron chi connectivity index (χ4n) is 4.02. The number of carbonyl (C=O) groups is 1. The first-order valence-corrected chi connectivity index (χ1v) is 10.8. The minimum atomic E-state index is -4.98. The zero-order chi connectivity index (χ0) is 24.5. The highest BCUT2D eigenvalue weighted by molar-refractivity contribution is 6.31. The molecule has 0 saturated carbocycles. The maximum Gasteiger partial charge on any atom is 0.435 e. The van der Waals surface area contributed by atoms with E-state index in [0.29, 0.717) is 17.8 Å². The van der Waals surface area contributed by atoms with Crippen LogP contribution in [0.15, 0.2) is 42.5 Å². The minimum Gasteiger partial charge on any atom is -0.349 e. The molecule has 1 amide bonds. The second-order valence-corrected chi connectivity index (χ2v) is 8.18. The molecule has 0 aliphatic carbocycles. The van der Waals surface area contributed by atoms with Gasteiger partial charge in [0.25, 0.3) is 5.91 Å². The number of benzene rings is 2. The van der Waals surface area contributed by atoms with Crippen molar-refractivity contribution in [3.63, 3.8) is 0 Å². The average Bonchev–Trinajstić information content (AvgIpc) is 3.46. The third-order valence-electron chi connectivity index (χ3n) is 5.60. The molecular weight excluding hydrogens is 481 g/mol. The molecule has 1 N–H and O–H groups in total. The van der Waals surface area contributed by atoms with Crippen LogP contribution in [-0.2, 0) is 6.18 Å². The molecule has 12 heteroatoms. The number of hydrogen-bond donors (Lipinski definition) is 1. The molecule has 0 radical (unpaired) electrons. The molecule has 1 atom stereocenters. The van der Waals surface area contributed by atoms with Gasteiger partial charge in [-0.2, -0.15) is 13.2 Å². The van der Waals surface area contributed by atoms with Crippen LogP contribution in [0.3, 0.4) is 0 Å². The number of alkyl halides is 3. The number of carbonyl (C=O) groups excluding carboxylic acids is 1. The zero-order valence-electron chi connectivity index (χ0n) is 17.6. The summed E-state index contributed by atoms with van der Waals surface area (Å²) >= 11 is 6.22. The summed E-state index contributed by atoms with van der Waals surface area (Å²) in [6.07, 6.45) is -3.25. The lowest BCUT2D eigenvalue weighted by molar-refractivity contribution is -0.143. The van der Waals surface area contributed by atoms with Crippen LogP contribution in [-0.4, -0.2) is 45.4 Å². The van der Waals surface area contributed by atoms with Gasteiger partial charge in [-0.15, -0.1) is 5.10 Å². The predicted octanol–water partition coefficient (Wildman–Crippen LogP) is 4.78. The van der Waals surface area contributed by atoms with Crippen molar-refractivity contribution in [2.24, 2.45) is 0 Å². The third kappa shape index (κ3) is 4.90. The molecule has 2 aromatic carbocycles. The Labute approximate surface area is 196 Å². The first-order chi connectivity index (χ1) is 16.2. The maximum atomic E-state index is 14.6. The monoisotopic (exact) mass is 499 g/mol. The predicted molar refractivity (Wildman–Crippen MR) is 114 cm³/mol. The van der Waals surface area contributed by atoms with Crippen LogP contribution in [0.25, 0.3) is 5.69 Å². The van der Waals surface area contributed by atoms with Gasteiger partial charge < -0.3 is 5.32 Å². The number of nitrogens with one attached hydrogen (secondary N) is 1. The van der Waals surface area contributed by atoms with Crippen LogP contribution in [0.2, 0.25) is 5.02 Å².